The Morgan fingerprint density at radius 3 is 2.61 bits per heavy atom. The number of hydrogen-bond donors (Lipinski definition) is 1. The lowest BCUT2D eigenvalue weighted by Gasteiger charge is -2.17. The molecule has 2 N–H and O–H groups in total. The summed E-state index contributed by atoms with van der Waals surface area (Å²) in [4.78, 5) is 0. The first kappa shape index (κ1) is 14.8. The minimum atomic E-state index is 0.210. The summed E-state index contributed by atoms with van der Waals surface area (Å²) in [5.41, 5.74) is 6.76. The Balaban J connectivity index is 2.77. The molecule has 0 bridgehead atoms. The summed E-state index contributed by atoms with van der Waals surface area (Å²) in [5.74, 6) is 1.71. The van der Waals surface area contributed by atoms with Crippen molar-refractivity contribution in [1.29, 1.82) is 0 Å². The van der Waals surface area contributed by atoms with E-state index < -0.39 is 0 Å². The lowest BCUT2D eigenvalue weighted by Crippen LogP contribution is -2.13. The van der Waals surface area contributed by atoms with Crippen LogP contribution in [0.5, 0.6) is 11.5 Å². The number of nitrogens with two attached hydrogens (primary N) is 1. The van der Waals surface area contributed by atoms with E-state index in [1.807, 2.05) is 18.2 Å². The molecule has 0 fully saturated rings. The second-order valence-electron chi connectivity index (χ2n) is 4.54. The fourth-order valence-electron chi connectivity index (χ4n) is 1.81. The van der Waals surface area contributed by atoms with Gasteiger partial charge in [0.2, 0.25) is 0 Å². The molecule has 0 aliphatic rings. The Bertz CT molecular complexity index is 352. The van der Waals surface area contributed by atoms with Crippen LogP contribution in [0.3, 0.4) is 0 Å². The van der Waals surface area contributed by atoms with E-state index in [0.717, 1.165) is 42.9 Å². The molecule has 0 aromatic heterocycles. The van der Waals surface area contributed by atoms with Gasteiger partial charge in [0, 0.05) is 18.2 Å². The van der Waals surface area contributed by atoms with Crippen molar-refractivity contribution in [3.05, 3.63) is 23.8 Å². The van der Waals surface area contributed by atoms with E-state index >= 15 is 0 Å². The standard InChI is InChI=1S/C15H25NO2/c1-4-6-12(3)18-15-10-14(17-9-5-2)8-7-13(15)11-16/h7-8,10,12H,4-6,9,11,16H2,1-3H3. The highest BCUT2D eigenvalue weighted by molar-refractivity contribution is 5.40. The first-order valence-corrected chi connectivity index (χ1v) is 6.83. The van der Waals surface area contributed by atoms with Crippen LogP contribution in [0, 0.1) is 0 Å². The summed E-state index contributed by atoms with van der Waals surface area (Å²) in [6.45, 7) is 7.55. The van der Waals surface area contributed by atoms with Crippen LogP contribution in [0.25, 0.3) is 0 Å². The predicted molar refractivity (Wildman–Crippen MR) is 75.1 cm³/mol. The third-order valence-corrected chi connectivity index (χ3v) is 2.75. The van der Waals surface area contributed by atoms with E-state index in [9.17, 15) is 0 Å². The van der Waals surface area contributed by atoms with Gasteiger partial charge in [0.05, 0.1) is 12.7 Å². The molecule has 18 heavy (non-hydrogen) atoms. The lowest BCUT2D eigenvalue weighted by molar-refractivity contribution is 0.206. The van der Waals surface area contributed by atoms with Gasteiger partial charge in [-0.25, -0.2) is 0 Å². The smallest absolute Gasteiger partial charge is 0.127 e. The molecule has 0 spiro atoms. The van der Waals surface area contributed by atoms with Crippen molar-refractivity contribution in [2.24, 2.45) is 5.73 Å². The first-order valence-electron chi connectivity index (χ1n) is 6.83. The highest BCUT2D eigenvalue weighted by Gasteiger charge is 2.08. The van der Waals surface area contributed by atoms with Crippen molar-refractivity contribution in [1.82, 2.24) is 0 Å². The Morgan fingerprint density at radius 1 is 1.22 bits per heavy atom. The maximum Gasteiger partial charge on any atom is 0.127 e. The summed E-state index contributed by atoms with van der Waals surface area (Å²) < 4.78 is 11.6. The summed E-state index contributed by atoms with van der Waals surface area (Å²) in [6, 6.07) is 5.89. The Labute approximate surface area is 110 Å². The predicted octanol–water partition coefficient (Wildman–Crippen LogP) is 3.50. The average Bonchev–Trinajstić information content (AvgIpc) is 2.37. The Morgan fingerprint density at radius 2 is 2.00 bits per heavy atom. The molecule has 0 radical (unpaired) electrons. The second-order valence-corrected chi connectivity index (χ2v) is 4.54. The zero-order valence-corrected chi connectivity index (χ0v) is 11.7. The van der Waals surface area contributed by atoms with Crippen molar-refractivity contribution in [3.63, 3.8) is 0 Å². The molecule has 0 amide bonds. The summed E-state index contributed by atoms with van der Waals surface area (Å²) in [6.07, 6.45) is 3.37. The zero-order valence-electron chi connectivity index (χ0n) is 11.7. The van der Waals surface area contributed by atoms with E-state index in [1.54, 1.807) is 0 Å². The van der Waals surface area contributed by atoms with Crippen molar-refractivity contribution < 1.29 is 9.47 Å². The number of benzene rings is 1. The lowest BCUT2D eigenvalue weighted by atomic mass is 10.1. The molecule has 0 saturated heterocycles. The zero-order chi connectivity index (χ0) is 13.4. The van der Waals surface area contributed by atoms with Gasteiger partial charge in [-0.05, 0) is 25.8 Å². The monoisotopic (exact) mass is 251 g/mol. The molecule has 1 rings (SSSR count). The fourth-order valence-corrected chi connectivity index (χ4v) is 1.81. The highest BCUT2D eigenvalue weighted by atomic mass is 16.5. The SMILES string of the molecule is CCCOc1ccc(CN)c(OC(C)CCC)c1. The van der Waals surface area contributed by atoms with Crippen LogP contribution in [-0.4, -0.2) is 12.7 Å². The minimum absolute atomic E-state index is 0.210. The molecule has 3 nitrogen and oxygen atoms in total. The van der Waals surface area contributed by atoms with E-state index in [0.29, 0.717) is 6.54 Å². The molecule has 1 aromatic carbocycles. The summed E-state index contributed by atoms with van der Waals surface area (Å²) in [5, 5.41) is 0. The topological polar surface area (TPSA) is 44.5 Å². The Kier molecular flexibility index (Phi) is 6.58. The molecular formula is C15H25NO2. The minimum Gasteiger partial charge on any atom is -0.493 e. The van der Waals surface area contributed by atoms with Gasteiger partial charge in [0.25, 0.3) is 0 Å². The average molecular weight is 251 g/mol. The van der Waals surface area contributed by atoms with Crippen molar-refractivity contribution in [2.75, 3.05) is 6.61 Å². The van der Waals surface area contributed by atoms with Gasteiger partial charge in [0.15, 0.2) is 0 Å². The summed E-state index contributed by atoms with van der Waals surface area (Å²) >= 11 is 0. The van der Waals surface area contributed by atoms with E-state index in [1.165, 1.54) is 0 Å². The van der Waals surface area contributed by atoms with Crippen molar-refractivity contribution in [3.8, 4) is 11.5 Å². The normalized spacial score (nSPS) is 12.2. The van der Waals surface area contributed by atoms with Crippen LogP contribution in [-0.2, 0) is 6.54 Å². The van der Waals surface area contributed by atoms with Crippen LogP contribution in [0.1, 0.15) is 45.6 Å². The van der Waals surface area contributed by atoms with Crippen LogP contribution >= 0.6 is 0 Å². The maximum atomic E-state index is 5.94. The largest absolute Gasteiger partial charge is 0.493 e. The van der Waals surface area contributed by atoms with Gasteiger partial charge in [-0.2, -0.15) is 0 Å². The molecule has 1 aromatic rings. The molecule has 1 atom stereocenters. The van der Waals surface area contributed by atoms with Crippen molar-refractivity contribution in [2.45, 2.75) is 52.7 Å². The highest BCUT2D eigenvalue weighted by Crippen LogP contribution is 2.26. The Hall–Kier alpha value is -1.22. The molecule has 1 unspecified atom stereocenters. The molecule has 0 aliphatic carbocycles. The van der Waals surface area contributed by atoms with E-state index in [2.05, 4.69) is 20.8 Å². The molecule has 0 saturated carbocycles. The van der Waals surface area contributed by atoms with Crippen LogP contribution in [0.15, 0.2) is 18.2 Å². The van der Waals surface area contributed by atoms with Crippen LogP contribution in [0.4, 0.5) is 0 Å². The van der Waals surface area contributed by atoms with Crippen LogP contribution < -0.4 is 15.2 Å². The molecule has 102 valence electrons. The van der Waals surface area contributed by atoms with Gasteiger partial charge in [-0.3, -0.25) is 0 Å². The molecule has 0 aliphatic heterocycles. The molecular weight excluding hydrogens is 226 g/mol. The fraction of sp³-hybridized carbons (Fsp3) is 0.600. The number of rotatable bonds is 8. The van der Waals surface area contributed by atoms with E-state index in [4.69, 9.17) is 15.2 Å². The quantitative estimate of drug-likeness (QED) is 0.769. The third-order valence-electron chi connectivity index (χ3n) is 2.75. The van der Waals surface area contributed by atoms with Crippen molar-refractivity contribution >= 4 is 0 Å². The van der Waals surface area contributed by atoms with Gasteiger partial charge >= 0.3 is 0 Å². The van der Waals surface area contributed by atoms with Gasteiger partial charge in [0.1, 0.15) is 11.5 Å². The van der Waals surface area contributed by atoms with Gasteiger partial charge in [-0.15, -0.1) is 0 Å². The first-order chi connectivity index (χ1) is 8.71. The number of hydrogen-bond acceptors (Lipinski definition) is 3. The molecule has 3 heteroatoms. The van der Waals surface area contributed by atoms with Gasteiger partial charge < -0.3 is 15.2 Å². The van der Waals surface area contributed by atoms with E-state index in [-0.39, 0.29) is 6.10 Å². The third kappa shape index (κ3) is 4.57. The maximum absolute atomic E-state index is 5.94. The van der Waals surface area contributed by atoms with Gasteiger partial charge in [-0.1, -0.05) is 26.3 Å². The number of ether oxygens (including phenoxy) is 2. The molecule has 0 heterocycles. The van der Waals surface area contributed by atoms with Crippen LogP contribution in [0.2, 0.25) is 0 Å². The summed E-state index contributed by atoms with van der Waals surface area (Å²) in [7, 11) is 0. The second kappa shape index (κ2) is 7.98.